The molecular weight excluding hydrogens is 154 g/mol. The largest absolute Gasteiger partial charge is 0.317 e. The summed E-state index contributed by atoms with van der Waals surface area (Å²) < 4.78 is 0. The summed E-state index contributed by atoms with van der Waals surface area (Å²) in [4.78, 5) is 11.3. The molecule has 0 saturated carbocycles. The number of hydrogen-bond acceptors (Lipinski definition) is 3. The van der Waals surface area contributed by atoms with Crippen LogP contribution < -0.4 is 10.7 Å². The van der Waals surface area contributed by atoms with E-state index in [4.69, 9.17) is 0 Å². The number of carbonyl (C=O) groups excluding carboxylic acids is 1. The summed E-state index contributed by atoms with van der Waals surface area (Å²) in [6.45, 7) is 3.66. The Labute approximate surface area is 72.4 Å². The van der Waals surface area contributed by atoms with Gasteiger partial charge in [0, 0.05) is 12.1 Å². The lowest BCUT2D eigenvalue weighted by molar-refractivity contribution is -0.125. The fraction of sp³-hybridized carbons (Fsp3) is 0.750. The highest BCUT2D eigenvalue weighted by Gasteiger charge is 2.19. The fourth-order valence-electron chi connectivity index (χ4n) is 1.30. The maximum absolute atomic E-state index is 11.3. The normalized spacial score (nSPS) is 19.8. The van der Waals surface area contributed by atoms with E-state index < -0.39 is 0 Å². The lowest BCUT2D eigenvalue weighted by atomic mass is 9.98. The molecule has 0 atom stereocenters. The van der Waals surface area contributed by atoms with Gasteiger partial charge in [0.05, 0.1) is 0 Å². The first-order chi connectivity index (χ1) is 5.84. The molecule has 1 aliphatic heterocycles. The van der Waals surface area contributed by atoms with Gasteiger partial charge in [-0.05, 0) is 32.9 Å². The van der Waals surface area contributed by atoms with Crippen LogP contribution in [0.25, 0.3) is 0 Å². The summed E-state index contributed by atoms with van der Waals surface area (Å²) in [7, 11) is 0. The van der Waals surface area contributed by atoms with Gasteiger partial charge in [0.2, 0.25) is 5.91 Å². The quantitative estimate of drug-likeness (QED) is 0.455. The smallest absolute Gasteiger partial charge is 0.243 e. The number of amides is 1. The molecule has 68 valence electrons. The third-order valence-electron chi connectivity index (χ3n) is 2.01. The summed E-state index contributed by atoms with van der Waals surface area (Å²) in [5, 5.41) is 6.91. The molecule has 1 fully saturated rings. The van der Waals surface area contributed by atoms with Crippen LogP contribution in [0.4, 0.5) is 0 Å². The van der Waals surface area contributed by atoms with Crippen LogP contribution in [0.2, 0.25) is 0 Å². The van der Waals surface area contributed by atoms with Crippen LogP contribution in [0.1, 0.15) is 19.8 Å². The molecule has 1 saturated heterocycles. The van der Waals surface area contributed by atoms with Crippen LogP contribution in [0.5, 0.6) is 0 Å². The first kappa shape index (κ1) is 9.19. The Morgan fingerprint density at radius 3 is 2.83 bits per heavy atom. The first-order valence-electron chi connectivity index (χ1n) is 4.33. The summed E-state index contributed by atoms with van der Waals surface area (Å²) in [5.41, 5.74) is 2.50. The Morgan fingerprint density at radius 2 is 2.25 bits per heavy atom. The highest BCUT2D eigenvalue weighted by molar-refractivity contribution is 5.79. The van der Waals surface area contributed by atoms with E-state index in [0.717, 1.165) is 25.9 Å². The van der Waals surface area contributed by atoms with E-state index in [1.54, 1.807) is 13.1 Å². The maximum Gasteiger partial charge on any atom is 0.243 e. The van der Waals surface area contributed by atoms with Crippen molar-refractivity contribution in [3.05, 3.63) is 0 Å². The second-order valence-corrected chi connectivity index (χ2v) is 2.89. The van der Waals surface area contributed by atoms with Crippen molar-refractivity contribution in [1.29, 1.82) is 0 Å². The van der Waals surface area contributed by atoms with E-state index in [-0.39, 0.29) is 11.8 Å². The maximum atomic E-state index is 11.3. The van der Waals surface area contributed by atoms with Gasteiger partial charge in [0.1, 0.15) is 0 Å². The minimum Gasteiger partial charge on any atom is -0.317 e. The predicted molar refractivity (Wildman–Crippen MR) is 47.9 cm³/mol. The van der Waals surface area contributed by atoms with Crippen LogP contribution in [-0.2, 0) is 4.79 Å². The van der Waals surface area contributed by atoms with Gasteiger partial charge in [0.25, 0.3) is 0 Å². The van der Waals surface area contributed by atoms with Crippen molar-refractivity contribution < 1.29 is 4.79 Å². The highest BCUT2D eigenvalue weighted by atomic mass is 16.2. The third-order valence-corrected chi connectivity index (χ3v) is 2.01. The van der Waals surface area contributed by atoms with Crippen LogP contribution in [0, 0.1) is 5.92 Å². The molecule has 0 aromatic carbocycles. The second kappa shape index (κ2) is 4.87. The minimum atomic E-state index is 0.0506. The van der Waals surface area contributed by atoms with Crippen molar-refractivity contribution >= 4 is 12.1 Å². The highest BCUT2D eigenvalue weighted by Crippen LogP contribution is 2.10. The fourth-order valence-corrected chi connectivity index (χ4v) is 1.30. The van der Waals surface area contributed by atoms with Crippen LogP contribution in [-0.4, -0.2) is 25.2 Å². The predicted octanol–water partition coefficient (Wildman–Crippen LogP) is 0.108. The van der Waals surface area contributed by atoms with E-state index in [1.165, 1.54) is 0 Å². The number of nitrogens with zero attached hydrogens (tertiary/aromatic N) is 1. The molecule has 0 unspecified atom stereocenters. The summed E-state index contributed by atoms with van der Waals surface area (Å²) in [6, 6.07) is 0. The molecule has 12 heavy (non-hydrogen) atoms. The number of carbonyl (C=O) groups is 1. The Kier molecular flexibility index (Phi) is 3.73. The summed E-state index contributed by atoms with van der Waals surface area (Å²) in [6.07, 6.45) is 3.43. The van der Waals surface area contributed by atoms with Crippen molar-refractivity contribution in [2.75, 3.05) is 13.1 Å². The zero-order chi connectivity index (χ0) is 8.81. The Hall–Kier alpha value is -0.900. The average Bonchev–Trinajstić information content (AvgIpc) is 2.15. The molecule has 0 aliphatic carbocycles. The first-order valence-corrected chi connectivity index (χ1v) is 4.33. The molecule has 4 nitrogen and oxygen atoms in total. The Morgan fingerprint density at radius 1 is 1.58 bits per heavy atom. The number of hydrogen-bond donors (Lipinski definition) is 2. The molecule has 1 rings (SSSR count). The van der Waals surface area contributed by atoms with Gasteiger partial charge in [-0.25, -0.2) is 5.43 Å². The zero-order valence-electron chi connectivity index (χ0n) is 7.34. The van der Waals surface area contributed by atoms with Gasteiger partial charge in [-0.1, -0.05) is 0 Å². The van der Waals surface area contributed by atoms with Gasteiger partial charge in [-0.15, -0.1) is 0 Å². The summed E-state index contributed by atoms with van der Waals surface area (Å²) >= 11 is 0. The average molecular weight is 169 g/mol. The summed E-state index contributed by atoms with van der Waals surface area (Å²) in [5.74, 6) is 0.199. The standard InChI is InChI=1S/C8H15N3O/c1-2-10-11-8(12)7-3-5-9-6-4-7/h2,7,9H,3-6H2,1H3,(H,11,12)/b10-2+. The zero-order valence-corrected chi connectivity index (χ0v) is 7.34. The molecule has 0 radical (unpaired) electrons. The topological polar surface area (TPSA) is 53.5 Å². The van der Waals surface area contributed by atoms with Crippen molar-refractivity contribution in [2.24, 2.45) is 11.0 Å². The molecule has 0 spiro atoms. The van der Waals surface area contributed by atoms with Gasteiger partial charge in [-0.2, -0.15) is 5.10 Å². The minimum absolute atomic E-state index is 0.0506. The molecule has 0 aromatic rings. The Balaban J connectivity index is 2.29. The Bertz CT molecular complexity index is 173. The van der Waals surface area contributed by atoms with E-state index in [9.17, 15) is 4.79 Å². The van der Waals surface area contributed by atoms with Gasteiger partial charge >= 0.3 is 0 Å². The lowest BCUT2D eigenvalue weighted by Crippen LogP contribution is -2.36. The van der Waals surface area contributed by atoms with Crippen LogP contribution >= 0.6 is 0 Å². The number of rotatable bonds is 2. The van der Waals surface area contributed by atoms with Crippen LogP contribution in [0.15, 0.2) is 5.10 Å². The number of hydrazone groups is 1. The van der Waals surface area contributed by atoms with Gasteiger partial charge in [0.15, 0.2) is 0 Å². The van der Waals surface area contributed by atoms with Gasteiger partial charge < -0.3 is 5.32 Å². The molecule has 0 bridgehead atoms. The van der Waals surface area contributed by atoms with Crippen molar-refractivity contribution in [3.63, 3.8) is 0 Å². The number of nitrogens with one attached hydrogen (secondary N) is 2. The molecule has 2 N–H and O–H groups in total. The monoisotopic (exact) mass is 169 g/mol. The van der Waals surface area contributed by atoms with Crippen molar-refractivity contribution in [1.82, 2.24) is 10.7 Å². The lowest BCUT2D eigenvalue weighted by Gasteiger charge is -2.20. The van der Waals surface area contributed by atoms with E-state index >= 15 is 0 Å². The van der Waals surface area contributed by atoms with E-state index in [0.29, 0.717) is 0 Å². The molecule has 1 heterocycles. The second-order valence-electron chi connectivity index (χ2n) is 2.89. The molecule has 1 aliphatic rings. The molecule has 4 heteroatoms. The van der Waals surface area contributed by atoms with E-state index in [2.05, 4.69) is 15.8 Å². The third kappa shape index (κ3) is 2.62. The molecule has 1 amide bonds. The molecular formula is C8H15N3O. The van der Waals surface area contributed by atoms with Crippen molar-refractivity contribution in [3.8, 4) is 0 Å². The van der Waals surface area contributed by atoms with E-state index in [1.807, 2.05) is 0 Å². The molecule has 0 aromatic heterocycles. The van der Waals surface area contributed by atoms with Crippen LogP contribution in [0.3, 0.4) is 0 Å². The van der Waals surface area contributed by atoms with Crippen molar-refractivity contribution in [2.45, 2.75) is 19.8 Å². The van der Waals surface area contributed by atoms with Gasteiger partial charge in [-0.3, -0.25) is 4.79 Å². The number of piperidine rings is 1. The SMILES string of the molecule is C/C=N/NC(=O)C1CCNCC1.